The Kier molecular flexibility index (Phi) is 4.44. The lowest BCUT2D eigenvalue weighted by atomic mass is 9.94. The van der Waals surface area contributed by atoms with Gasteiger partial charge >= 0.3 is 0 Å². The van der Waals surface area contributed by atoms with Crippen LogP contribution in [0.2, 0.25) is 0 Å². The van der Waals surface area contributed by atoms with Crippen LogP contribution in [0.4, 0.5) is 0 Å². The summed E-state index contributed by atoms with van der Waals surface area (Å²) in [4.78, 5) is 0. The molecule has 1 aliphatic rings. The second kappa shape index (κ2) is 6.07. The Morgan fingerprint density at radius 1 is 1.28 bits per heavy atom. The number of hydrogen-bond donors (Lipinski definition) is 2. The van der Waals surface area contributed by atoms with Crippen molar-refractivity contribution in [3.8, 4) is 11.5 Å². The maximum absolute atomic E-state index is 10.5. The van der Waals surface area contributed by atoms with Crippen molar-refractivity contribution in [3.05, 3.63) is 23.8 Å². The van der Waals surface area contributed by atoms with E-state index in [9.17, 15) is 5.11 Å². The molecule has 0 amide bonds. The van der Waals surface area contributed by atoms with E-state index >= 15 is 0 Å². The number of hydrogen-bond acceptors (Lipinski definition) is 4. The van der Waals surface area contributed by atoms with Gasteiger partial charge in [0.25, 0.3) is 0 Å². The summed E-state index contributed by atoms with van der Waals surface area (Å²) in [6, 6.07) is 5.61. The van der Waals surface area contributed by atoms with E-state index in [2.05, 4.69) is 5.32 Å². The SMILES string of the molecule is COc1ccc(OC)c([C@@H](O)[C@@H]2CCCCN2)c1. The first-order valence-electron chi connectivity index (χ1n) is 6.39. The number of nitrogens with one attached hydrogen (secondary N) is 1. The molecule has 0 aromatic heterocycles. The minimum Gasteiger partial charge on any atom is -0.497 e. The first-order chi connectivity index (χ1) is 8.76. The molecule has 4 heteroatoms. The average Bonchev–Trinajstić information content (AvgIpc) is 2.46. The molecular formula is C14H21NO3. The number of aliphatic hydroxyl groups excluding tert-OH is 1. The maximum atomic E-state index is 10.5. The molecule has 100 valence electrons. The zero-order valence-electron chi connectivity index (χ0n) is 11.0. The van der Waals surface area contributed by atoms with Crippen LogP contribution in [0.25, 0.3) is 0 Å². The molecule has 18 heavy (non-hydrogen) atoms. The minimum absolute atomic E-state index is 0.0970. The van der Waals surface area contributed by atoms with Crippen LogP contribution in [-0.2, 0) is 0 Å². The van der Waals surface area contributed by atoms with Gasteiger partial charge in [-0.05, 0) is 37.6 Å². The molecule has 0 spiro atoms. The van der Waals surface area contributed by atoms with Gasteiger partial charge in [0, 0.05) is 11.6 Å². The molecule has 1 aromatic carbocycles. The summed E-state index contributed by atoms with van der Waals surface area (Å²) in [6.07, 6.45) is 2.76. The summed E-state index contributed by atoms with van der Waals surface area (Å²) in [6.45, 7) is 0.966. The van der Waals surface area contributed by atoms with Crippen molar-refractivity contribution < 1.29 is 14.6 Å². The van der Waals surface area contributed by atoms with Gasteiger partial charge in [0.15, 0.2) is 0 Å². The van der Waals surface area contributed by atoms with Gasteiger partial charge in [0.1, 0.15) is 11.5 Å². The van der Waals surface area contributed by atoms with E-state index in [0.29, 0.717) is 5.75 Å². The highest BCUT2D eigenvalue weighted by Crippen LogP contribution is 2.32. The lowest BCUT2D eigenvalue weighted by molar-refractivity contribution is 0.111. The van der Waals surface area contributed by atoms with Crippen LogP contribution in [0.5, 0.6) is 11.5 Å². The van der Waals surface area contributed by atoms with Gasteiger partial charge in [0.2, 0.25) is 0 Å². The van der Waals surface area contributed by atoms with Crippen LogP contribution < -0.4 is 14.8 Å². The third-order valence-electron chi connectivity index (χ3n) is 3.49. The molecule has 4 nitrogen and oxygen atoms in total. The van der Waals surface area contributed by atoms with Gasteiger partial charge in [-0.2, -0.15) is 0 Å². The molecule has 0 bridgehead atoms. The van der Waals surface area contributed by atoms with E-state index in [4.69, 9.17) is 9.47 Å². The molecule has 0 radical (unpaired) electrons. The van der Waals surface area contributed by atoms with Crippen molar-refractivity contribution in [2.75, 3.05) is 20.8 Å². The summed E-state index contributed by atoms with van der Waals surface area (Å²) >= 11 is 0. The highest BCUT2D eigenvalue weighted by Gasteiger charge is 2.25. The molecule has 1 heterocycles. The van der Waals surface area contributed by atoms with E-state index in [1.54, 1.807) is 14.2 Å². The van der Waals surface area contributed by atoms with Gasteiger partial charge in [0.05, 0.1) is 20.3 Å². The first kappa shape index (κ1) is 13.2. The standard InChI is InChI=1S/C14H21NO3/c1-17-10-6-7-13(18-2)11(9-10)14(16)12-5-3-4-8-15-12/h6-7,9,12,14-16H,3-5,8H2,1-2H3/t12-,14+/m0/s1. The van der Waals surface area contributed by atoms with Gasteiger partial charge in [-0.1, -0.05) is 6.42 Å². The van der Waals surface area contributed by atoms with E-state index in [0.717, 1.165) is 30.7 Å². The number of methoxy groups -OCH3 is 2. The molecule has 1 saturated heterocycles. The predicted octanol–water partition coefficient (Wildman–Crippen LogP) is 1.88. The van der Waals surface area contributed by atoms with E-state index in [1.807, 2.05) is 18.2 Å². The maximum Gasteiger partial charge on any atom is 0.124 e. The molecule has 0 saturated carbocycles. The van der Waals surface area contributed by atoms with E-state index < -0.39 is 6.10 Å². The van der Waals surface area contributed by atoms with Crippen molar-refractivity contribution in [1.29, 1.82) is 0 Å². The van der Waals surface area contributed by atoms with E-state index in [-0.39, 0.29) is 6.04 Å². The van der Waals surface area contributed by atoms with Gasteiger partial charge < -0.3 is 19.9 Å². The van der Waals surface area contributed by atoms with Crippen LogP contribution >= 0.6 is 0 Å². The Labute approximate surface area is 108 Å². The molecular weight excluding hydrogens is 230 g/mol. The molecule has 1 aromatic rings. The molecule has 0 aliphatic carbocycles. The van der Waals surface area contributed by atoms with Crippen LogP contribution in [0.15, 0.2) is 18.2 Å². The second-order valence-electron chi connectivity index (χ2n) is 4.61. The number of aliphatic hydroxyl groups is 1. The zero-order chi connectivity index (χ0) is 13.0. The number of rotatable bonds is 4. The fourth-order valence-electron chi connectivity index (χ4n) is 2.44. The summed E-state index contributed by atoms with van der Waals surface area (Å²) < 4.78 is 10.5. The van der Waals surface area contributed by atoms with Crippen LogP contribution in [0.3, 0.4) is 0 Å². The Balaban J connectivity index is 2.23. The summed E-state index contributed by atoms with van der Waals surface area (Å²) in [5.41, 5.74) is 0.788. The normalized spacial score (nSPS) is 21.4. The number of benzene rings is 1. The van der Waals surface area contributed by atoms with Gasteiger partial charge in [-0.25, -0.2) is 0 Å². The van der Waals surface area contributed by atoms with E-state index in [1.165, 1.54) is 6.42 Å². The lowest BCUT2D eigenvalue weighted by Crippen LogP contribution is -2.38. The quantitative estimate of drug-likeness (QED) is 0.858. The summed E-state index contributed by atoms with van der Waals surface area (Å²) in [5, 5.41) is 13.8. The van der Waals surface area contributed by atoms with Gasteiger partial charge in [-0.3, -0.25) is 0 Å². The van der Waals surface area contributed by atoms with Crippen molar-refractivity contribution in [3.63, 3.8) is 0 Å². The van der Waals surface area contributed by atoms with Crippen LogP contribution in [0, 0.1) is 0 Å². The number of piperidine rings is 1. The van der Waals surface area contributed by atoms with Crippen molar-refractivity contribution in [2.45, 2.75) is 31.4 Å². The summed E-state index contributed by atoms with van der Waals surface area (Å²) in [7, 11) is 3.24. The molecule has 2 N–H and O–H groups in total. The Bertz CT molecular complexity index is 389. The highest BCUT2D eigenvalue weighted by atomic mass is 16.5. The summed E-state index contributed by atoms with van der Waals surface area (Å²) in [5.74, 6) is 1.44. The smallest absolute Gasteiger partial charge is 0.124 e. The fourth-order valence-corrected chi connectivity index (χ4v) is 2.44. The molecule has 2 rings (SSSR count). The molecule has 1 fully saturated rings. The van der Waals surface area contributed by atoms with Crippen molar-refractivity contribution in [2.24, 2.45) is 0 Å². The first-order valence-corrected chi connectivity index (χ1v) is 6.39. The Hall–Kier alpha value is -1.26. The highest BCUT2D eigenvalue weighted by molar-refractivity contribution is 5.42. The second-order valence-corrected chi connectivity index (χ2v) is 4.61. The van der Waals surface area contributed by atoms with Crippen molar-refractivity contribution >= 4 is 0 Å². The van der Waals surface area contributed by atoms with Gasteiger partial charge in [-0.15, -0.1) is 0 Å². The lowest BCUT2D eigenvalue weighted by Gasteiger charge is -2.29. The molecule has 0 unspecified atom stereocenters. The topological polar surface area (TPSA) is 50.7 Å². The van der Waals surface area contributed by atoms with Crippen molar-refractivity contribution in [1.82, 2.24) is 5.32 Å². The Morgan fingerprint density at radius 2 is 2.11 bits per heavy atom. The average molecular weight is 251 g/mol. The molecule has 2 atom stereocenters. The number of ether oxygens (including phenoxy) is 2. The largest absolute Gasteiger partial charge is 0.497 e. The van der Waals surface area contributed by atoms with Crippen LogP contribution in [-0.4, -0.2) is 31.9 Å². The molecule has 1 aliphatic heterocycles. The third-order valence-corrected chi connectivity index (χ3v) is 3.49. The minimum atomic E-state index is -0.560. The third kappa shape index (κ3) is 2.76. The zero-order valence-corrected chi connectivity index (χ0v) is 11.0. The fraction of sp³-hybridized carbons (Fsp3) is 0.571. The predicted molar refractivity (Wildman–Crippen MR) is 70.1 cm³/mol. The van der Waals surface area contributed by atoms with Crippen LogP contribution in [0.1, 0.15) is 30.9 Å². The monoisotopic (exact) mass is 251 g/mol. The Morgan fingerprint density at radius 3 is 2.72 bits per heavy atom.